The summed E-state index contributed by atoms with van der Waals surface area (Å²) in [4.78, 5) is 22.0. The number of carbonyl (C=O) groups is 1. The summed E-state index contributed by atoms with van der Waals surface area (Å²) >= 11 is 0. The van der Waals surface area contributed by atoms with E-state index in [1.165, 1.54) is 0 Å². The second-order valence-corrected chi connectivity index (χ2v) is 10.7. The first-order chi connectivity index (χ1) is 15.0. The summed E-state index contributed by atoms with van der Waals surface area (Å²) in [5, 5.41) is 0. The van der Waals surface area contributed by atoms with Gasteiger partial charge in [-0.25, -0.2) is 8.42 Å². The molecule has 5 rings (SSSR count). The van der Waals surface area contributed by atoms with Crippen molar-refractivity contribution in [3.63, 3.8) is 0 Å². The summed E-state index contributed by atoms with van der Waals surface area (Å²) in [5.74, 6) is 0.139. The highest BCUT2D eigenvalue weighted by molar-refractivity contribution is 7.89. The van der Waals surface area contributed by atoms with E-state index in [1.807, 2.05) is 29.2 Å². The lowest BCUT2D eigenvalue weighted by Crippen LogP contribution is -2.50. The van der Waals surface area contributed by atoms with Gasteiger partial charge in [0.1, 0.15) is 10.9 Å². The van der Waals surface area contributed by atoms with Gasteiger partial charge in [0.05, 0.1) is 5.69 Å². The molecule has 7 nitrogen and oxygen atoms in total. The largest absolute Gasteiger partial charge is 0.354 e. The van der Waals surface area contributed by atoms with Crippen molar-refractivity contribution in [1.82, 2.24) is 14.2 Å². The third kappa shape index (κ3) is 3.51. The molecule has 0 spiro atoms. The van der Waals surface area contributed by atoms with E-state index in [0.717, 1.165) is 37.8 Å². The Morgan fingerprint density at radius 3 is 2.71 bits per heavy atom. The van der Waals surface area contributed by atoms with E-state index in [1.54, 1.807) is 28.8 Å². The van der Waals surface area contributed by atoms with Gasteiger partial charge in [-0.2, -0.15) is 4.31 Å². The molecule has 3 aliphatic rings. The van der Waals surface area contributed by atoms with Crippen LogP contribution < -0.4 is 4.90 Å². The van der Waals surface area contributed by atoms with E-state index in [0.29, 0.717) is 12.2 Å². The summed E-state index contributed by atoms with van der Waals surface area (Å²) < 4.78 is 28.8. The number of rotatable bonds is 3. The highest BCUT2D eigenvalue weighted by atomic mass is 32.2. The molecule has 0 unspecified atom stereocenters. The molecule has 164 valence electrons. The summed E-state index contributed by atoms with van der Waals surface area (Å²) in [6.45, 7) is 3.54. The number of sulfonamides is 1. The van der Waals surface area contributed by atoms with Crippen LogP contribution in [-0.4, -0.2) is 59.7 Å². The number of hydrogen-bond donors (Lipinski definition) is 0. The zero-order valence-corrected chi connectivity index (χ0v) is 18.5. The average molecular weight is 441 g/mol. The Kier molecular flexibility index (Phi) is 5.22. The van der Waals surface area contributed by atoms with Crippen molar-refractivity contribution in [2.75, 3.05) is 18.0 Å². The number of nitrogens with zero attached hydrogens (tertiary/aromatic N) is 4. The number of aromatic nitrogens is 1. The molecule has 2 saturated heterocycles. The van der Waals surface area contributed by atoms with Gasteiger partial charge in [-0.3, -0.25) is 9.78 Å². The maximum atomic E-state index is 13.6. The minimum atomic E-state index is -3.70. The molecule has 2 aromatic rings. The van der Waals surface area contributed by atoms with Crippen LogP contribution in [0.2, 0.25) is 0 Å². The Morgan fingerprint density at radius 2 is 1.97 bits per heavy atom. The highest BCUT2D eigenvalue weighted by Gasteiger charge is 2.47. The summed E-state index contributed by atoms with van der Waals surface area (Å²) in [5.41, 5.74) is 1.51. The molecule has 0 bridgehead atoms. The second kappa shape index (κ2) is 7.91. The molecule has 3 atom stereocenters. The van der Waals surface area contributed by atoms with Crippen LogP contribution in [0.5, 0.6) is 0 Å². The molecular weight excluding hydrogens is 412 g/mol. The summed E-state index contributed by atoms with van der Waals surface area (Å²) in [7, 11) is -3.70. The van der Waals surface area contributed by atoms with Gasteiger partial charge in [-0.1, -0.05) is 18.2 Å². The van der Waals surface area contributed by atoms with E-state index in [4.69, 9.17) is 0 Å². The van der Waals surface area contributed by atoms with Crippen LogP contribution in [0, 0.1) is 0 Å². The van der Waals surface area contributed by atoms with Gasteiger partial charge in [0, 0.05) is 44.1 Å². The Hall–Kier alpha value is -2.45. The molecule has 1 aromatic heterocycles. The van der Waals surface area contributed by atoms with Crippen LogP contribution in [-0.2, 0) is 21.4 Å². The van der Waals surface area contributed by atoms with Crippen molar-refractivity contribution in [2.24, 2.45) is 0 Å². The fourth-order valence-electron chi connectivity index (χ4n) is 5.33. The van der Waals surface area contributed by atoms with Gasteiger partial charge in [0.15, 0.2) is 0 Å². The molecule has 3 aliphatic heterocycles. The van der Waals surface area contributed by atoms with E-state index in [9.17, 15) is 13.2 Å². The fraction of sp³-hybridized carbons (Fsp3) is 0.478. The normalized spacial score (nSPS) is 27.6. The third-order valence-electron chi connectivity index (χ3n) is 6.88. The maximum absolute atomic E-state index is 13.6. The Labute approximate surface area is 183 Å². The third-order valence-corrected chi connectivity index (χ3v) is 8.74. The molecule has 0 saturated carbocycles. The minimum Gasteiger partial charge on any atom is -0.354 e. The SMILES string of the molecule is C[C@@H]1CCCN1C(=O)[C@H]1CC[C@H]2CN(Cc3cccnc3)S(=O)(=O)c3ccccc3N21. The smallest absolute Gasteiger partial charge is 0.245 e. The molecule has 2 fully saturated rings. The molecule has 8 heteroatoms. The molecule has 0 aliphatic carbocycles. The van der Waals surface area contributed by atoms with Crippen molar-refractivity contribution >= 4 is 21.6 Å². The molecule has 1 aromatic carbocycles. The highest BCUT2D eigenvalue weighted by Crippen LogP contribution is 2.41. The zero-order valence-electron chi connectivity index (χ0n) is 17.7. The van der Waals surface area contributed by atoms with Crippen molar-refractivity contribution in [1.29, 1.82) is 0 Å². The van der Waals surface area contributed by atoms with Crippen molar-refractivity contribution in [2.45, 2.75) is 62.2 Å². The Bertz CT molecular complexity index is 1080. The topological polar surface area (TPSA) is 73.8 Å². The van der Waals surface area contributed by atoms with E-state index < -0.39 is 10.0 Å². The van der Waals surface area contributed by atoms with Gasteiger partial charge in [-0.05, 0) is 56.4 Å². The number of likely N-dealkylation sites (tertiary alicyclic amines) is 1. The first-order valence-corrected chi connectivity index (χ1v) is 12.5. The van der Waals surface area contributed by atoms with E-state index in [2.05, 4.69) is 16.8 Å². The molecule has 0 N–H and O–H groups in total. The second-order valence-electron chi connectivity index (χ2n) is 8.80. The first kappa shape index (κ1) is 20.5. The molecule has 4 heterocycles. The van der Waals surface area contributed by atoms with Gasteiger partial charge in [0.2, 0.25) is 15.9 Å². The van der Waals surface area contributed by atoms with Crippen molar-refractivity contribution < 1.29 is 13.2 Å². The average Bonchev–Trinajstić information content (AvgIpc) is 3.37. The van der Waals surface area contributed by atoms with Crippen LogP contribution in [0.1, 0.15) is 38.2 Å². The van der Waals surface area contributed by atoms with Crippen molar-refractivity contribution in [3.05, 3.63) is 54.4 Å². The number of benzene rings is 1. The number of para-hydroxylation sites is 1. The van der Waals surface area contributed by atoms with Crippen LogP contribution in [0.25, 0.3) is 0 Å². The Morgan fingerprint density at radius 1 is 1.13 bits per heavy atom. The number of fused-ring (bicyclic) bond motifs is 3. The molecule has 0 radical (unpaired) electrons. The van der Waals surface area contributed by atoms with Crippen LogP contribution >= 0.6 is 0 Å². The number of pyridine rings is 1. The van der Waals surface area contributed by atoms with Crippen molar-refractivity contribution in [3.8, 4) is 0 Å². The lowest BCUT2D eigenvalue weighted by Gasteiger charge is -2.34. The lowest BCUT2D eigenvalue weighted by molar-refractivity contribution is -0.133. The quantitative estimate of drug-likeness (QED) is 0.734. The van der Waals surface area contributed by atoms with Crippen LogP contribution in [0.4, 0.5) is 5.69 Å². The number of amides is 1. The van der Waals surface area contributed by atoms with Gasteiger partial charge >= 0.3 is 0 Å². The molecule has 1 amide bonds. The van der Waals surface area contributed by atoms with Gasteiger partial charge in [-0.15, -0.1) is 0 Å². The van der Waals surface area contributed by atoms with Crippen LogP contribution in [0.15, 0.2) is 53.7 Å². The van der Waals surface area contributed by atoms with E-state index >= 15 is 0 Å². The standard InChI is InChI=1S/C23H28N4O3S/c1-17-6-5-13-26(17)23(28)21-11-10-19-16-25(15-18-7-4-12-24-14-18)31(29,30)22-9-3-2-8-20(22)27(19)21/h2-4,7-9,12,14,17,19,21H,5-6,10-11,13,15-16H2,1H3/t17-,19+,21-/m1/s1. The van der Waals surface area contributed by atoms with Gasteiger partial charge < -0.3 is 9.80 Å². The minimum absolute atomic E-state index is 0.0260. The Balaban J connectivity index is 1.53. The monoisotopic (exact) mass is 440 g/mol. The predicted octanol–water partition coefficient (Wildman–Crippen LogP) is 2.63. The van der Waals surface area contributed by atoms with E-state index in [-0.39, 0.29) is 35.5 Å². The zero-order chi connectivity index (χ0) is 21.6. The number of carbonyl (C=O) groups excluding carboxylic acids is 1. The summed E-state index contributed by atoms with van der Waals surface area (Å²) in [6.07, 6.45) is 7.01. The maximum Gasteiger partial charge on any atom is 0.245 e. The lowest BCUT2D eigenvalue weighted by atomic mass is 10.1. The first-order valence-electron chi connectivity index (χ1n) is 11.0. The molecular formula is C23H28N4O3S. The van der Waals surface area contributed by atoms with Gasteiger partial charge in [0.25, 0.3) is 0 Å². The molecule has 31 heavy (non-hydrogen) atoms. The number of hydrogen-bond acceptors (Lipinski definition) is 5. The number of anilines is 1. The summed E-state index contributed by atoms with van der Waals surface area (Å²) in [6, 6.07) is 10.8. The predicted molar refractivity (Wildman–Crippen MR) is 118 cm³/mol. The van der Waals surface area contributed by atoms with Crippen LogP contribution in [0.3, 0.4) is 0 Å². The fourth-order valence-corrected chi connectivity index (χ4v) is 6.98.